The molecule has 1 aromatic heterocycles. The Kier molecular flexibility index (Phi) is 5.56. The van der Waals surface area contributed by atoms with Crippen molar-refractivity contribution in [1.82, 2.24) is 20.1 Å². The Morgan fingerprint density at radius 3 is 2.58 bits per heavy atom. The highest BCUT2D eigenvalue weighted by Gasteiger charge is 2.54. The Morgan fingerprint density at radius 2 is 1.94 bits per heavy atom. The molecule has 1 N–H and O–H groups in total. The summed E-state index contributed by atoms with van der Waals surface area (Å²) in [4.78, 5) is 33.4. The summed E-state index contributed by atoms with van der Waals surface area (Å²) in [5.74, 6) is 2.07. The molecule has 4 heterocycles. The first-order valence-electron chi connectivity index (χ1n) is 11.4. The molecule has 8 nitrogen and oxygen atoms in total. The van der Waals surface area contributed by atoms with Gasteiger partial charge in [0.15, 0.2) is 5.89 Å². The second kappa shape index (κ2) is 7.80. The Morgan fingerprint density at radius 1 is 1.23 bits per heavy atom. The van der Waals surface area contributed by atoms with E-state index in [2.05, 4.69) is 31.1 Å². The molecule has 3 aliphatic rings. The molecule has 0 saturated carbocycles. The molecule has 0 bridgehead atoms. The van der Waals surface area contributed by atoms with Crippen molar-refractivity contribution in [2.45, 2.75) is 76.9 Å². The standard InChI is InChI=1S/C23H36N4O4/c1-21(2,3)17-13-24-19(31-17)12-16-6-9-26(10-7-16)20(29)27-11-8-23(5)22(4,15-27)25-18(28)14-30-23/h13,16H,6-12,14-15H2,1-5H3,(H,25,28)/t22-,23+/m1/s1. The van der Waals surface area contributed by atoms with Crippen LogP contribution in [-0.2, 0) is 21.4 Å². The molecule has 3 amide bonds. The predicted molar refractivity (Wildman–Crippen MR) is 116 cm³/mol. The molecule has 0 aliphatic carbocycles. The van der Waals surface area contributed by atoms with Crippen LogP contribution in [0.4, 0.5) is 4.79 Å². The number of rotatable bonds is 2. The van der Waals surface area contributed by atoms with Gasteiger partial charge < -0.3 is 24.3 Å². The summed E-state index contributed by atoms with van der Waals surface area (Å²) < 4.78 is 11.8. The lowest BCUT2D eigenvalue weighted by Gasteiger charge is -2.55. The van der Waals surface area contributed by atoms with Gasteiger partial charge in [-0.1, -0.05) is 20.8 Å². The lowest BCUT2D eigenvalue weighted by Crippen LogP contribution is -2.75. The fourth-order valence-electron chi connectivity index (χ4n) is 4.91. The van der Waals surface area contributed by atoms with Crippen LogP contribution >= 0.6 is 0 Å². The van der Waals surface area contributed by atoms with Crippen molar-refractivity contribution >= 4 is 11.9 Å². The molecular formula is C23H36N4O4. The highest BCUT2D eigenvalue weighted by molar-refractivity contribution is 5.80. The largest absolute Gasteiger partial charge is 0.445 e. The quantitative estimate of drug-likeness (QED) is 0.776. The van der Waals surface area contributed by atoms with Gasteiger partial charge in [-0.05, 0) is 39.0 Å². The number of hydrogen-bond donors (Lipinski definition) is 1. The van der Waals surface area contributed by atoms with Gasteiger partial charge in [0, 0.05) is 38.0 Å². The first-order valence-corrected chi connectivity index (χ1v) is 11.4. The van der Waals surface area contributed by atoms with Crippen molar-refractivity contribution in [3.05, 3.63) is 17.8 Å². The molecule has 0 unspecified atom stereocenters. The Labute approximate surface area is 184 Å². The van der Waals surface area contributed by atoms with Gasteiger partial charge in [-0.2, -0.15) is 0 Å². The summed E-state index contributed by atoms with van der Waals surface area (Å²) in [5, 5.41) is 3.08. The number of oxazole rings is 1. The number of aromatic nitrogens is 1. The molecule has 0 spiro atoms. The number of carbonyl (C=O) groups is 2. The Bertz CT molecular complexity index is 839. The molecule has 3 saturated heterocycles. The number of ether oxygens (including phenoxy) is 1. The number of fused-ring (bicyclic) bond motifs is 1. The molecule has 0 aromatic carbocycles. The van der Waals surface area contributed by atoms with Crippen molar-refractivity contribution < 1.29 is 18.7 Å². The number of morpholine rings is 1. The van der Waals surface area contributed by atoms with Crippen molar-refractivity contribution in [2.24, 2.45) is 5.92 Å². The zero-order valence-electron chi connectivity index (χ0n) is 19.5. The number of likely N-dealkylation sites (tertiary alicyclic amines) is 2. The van der Waals surface area contributed by atoms with Crippen LogP contribution < -0.4 is 5.32 Å². The molecule has 172 valence electrons. The third-order valence-corrected chi connectivity index (χ3v) is 7.38. The van der Waals surface area contributed by atoms with E-state index >= 15 is 0 Å². The van der Waals surface area contributed by atoms with E-state index < -0.39 is 11.1 Å². The van der Waals surface area contributed by atoms with E-state index in [0.29, 0.717) is 25.4 Å². The van der Waals surface area contributed by atoms with Gasteiger partial charge in [0.05, 0.1) is 17.3 Å². The van der Waals surface area contributed by atoms with E-state index in [4.69, 9.17) is 9.15 Å². The number of nitrogens with one attached hydrogen (secondary N) is 1. The maximum absolute atomic E-state index is 13.2. The number of urea groups is 1. The molecule has 0 radical (unpaired) electrons. The molecule has 3 aliphatic heterocycles. The summed E-state index contributed by atoms with van der Waals surface area (Å²) in [6.45, 7) is 13.1. The summed E-state index contributed by atoms with van der Waals surface area (Å²) in [7, 11) is 0. The van der Waals surface area contributed by atoms with E-state index in [1.54, 1.807) is 0 Å². The monoisotopic (exact) mass is 432 g/mol. The maximum atomic E-state index is 13.2. The normalized spacial score (nSPS) is 30.2. The zero-order chi connectivity index (χ0) is 22.4. The number of piperidine rings is 2. The van der Waals surface area contributed by atoms with E-state index in [-0.39, 0.29) is 24.0 Å². The molecular weight excluding hydrogens is 396 g/mol. The van der Waals surface area contributed by atoms with Crippen LogP contribution in [0.25, 0.3) is 0 Å². The Balaban J connectivity index is 1.31. The van der Waals surface area contributed by atoms with Gasteiger partial charge in [0.2, 0.25) is 5.91 Å². The molecule has 31 heavy (non-hydrogen) atoms. The summed E-state index contributed by atoms with van der Waals surface area (Å²) >= 11 is 0. The van der Waals surface area contributed by atoms with Crippen LogP contribution in [0.15, 0.2) is 10.6 Å². The van der Waals surface area contributed by atoms with E-state index in [9.17, 15) is 9.59 Å². The van der Waals surface area contributed by atoms with Crippen molar-refractivity contribution in [3.8, 4) is 0 Å². The Hall–Kier alpha value is -2.09. The van der Waals surface area contributed by atoms with Crippen LogP contribution in [0, 0.1) is 5.92 Å². The van der Waals surface area contributed by atoms with E-state index in [1.807, 2.05) is 29.8 Å². The highest BCUT2D eigenvalue weighted by Crippen LogP contribution is 2.37. The van der Waals surface area contributed by atoms with Crippen LogP contribution in [-0.4, -0.2) is 70.6 Å². The second-order valence-corrected chi connectivity index (χ2v) is 10.9. The van der Waals surface area contributed by atoms with Gasteiger partial charge in [-0.25, -0.2) is 9.78 Å². The first-order chi connectivity index (χ1) is 14.5. The number of nitrogens with zero attached hydrogens (tertiary/aromatic N) is 3. The average Bonchev–Trinajstić information content (AvgIpc) is 3.17. The third kappa shape index (κ3) is 4.31. The zero-order valence-corrected chi connectivity index (χ0v) is 19.5. The summed E-state index contributed by atoms with van der Waals surface area (Å²) in [5.41, 5.74) is -1.04. The van der Waals surface area contributed by atoms with E-state index in [1.165, 1.54) is 0 Å². The summed E-state index contributed by atoms with van der Waals surface area (Å²) in [6.07, 6.45) is 5.27. The SMILES string of the molecule is CC(C)(C)c1cnc(CC2CCN(C(=O)N3CC[C@]4(C)OCC(=O)N[C@]4(C)C3)CC2)o1. The number of amides is 3. The molecule has 2 atom stereocenters. The molecule has 8 heteroatoms. The van der Waals surface area contributed by atoms with Crippen molar-refractivity contribution in [1.29, 1.82) is 0 Å². The van der Waals surface area contributed by atoms with Crippen molar-refractivity contribution in [2.75, 3.05) is 32.8 Å². The van der Waals surface area contributed by atoms with Gasteiger partial charge >= 0.3 is 6.03 Å². The topological polar surface area (TPSA) is 87.9 Å². The maximum Gasteiger partial charge on any atom is 0.320 e. The van der Waals surface area contributed by atoms with Crippen LogP contribution in [0.2, 0.25) is 0 Å². The fraction of sp³-hybridized carbons (Fsp3) is 0.783. The van der Waals surface area contributed by atoms with Crippen LogP contribution in [0.3, 0.4) is 0 Å². The predicted octanol–water partition coefficient (Wildman–Crippen LogP) is 2.72. The third-order valence-electron chi connectivity index (χ3n) is 7.38. The molecule has 1 aromatic rings. The average molecular weight is 433 g/mol. The van der Waals surface area contributed by atoms with Crippen LogP contribution in [0.5, 0.6) is 0 Å². The van der Waals surface area contributed by atoms with Gasteiger partial charge in [0.25, 0.3) is 0 Å². The van der Waals surface area contributed by atoms with Gasteiger partial charge in [-0.3, -0.25) is 4.79 Å². The van der Waals surface area contributed by atoms with Crippen molar-refractivity contribution in [3.63, 3.8) is 0 Å². The minimum absolute atomic E-state index is 0.0367. The fourth-order valence-corrected chi connectivity index (χ4v) is 4.91. The highest BCUT2D eigenvalue weighted by atomic mass is 16.5. The number of carbonyl (C=O) groups excluding carboxylic acids is 2. The van der Waals surface area contributed by atoms with Gasteiger partial charge in [-0.15, -0.1) is 0 Å². The van der Waals surface area contributed by atoms with Gasteiger partial charge in [0.1, 0.15) is 12.4 Å². The lowest BCUT2D eigenvalue weighted by molar-refractivity contribution is -0.173. The summed E-state index contributed by atoms with van der Waals surface area (Å²) in [6, 6.07) is 0.0627. The number of hydrogen-bond acceptors (Lipinski definition) is 5. The first kappa shape index (κ1) is 22.1. The van der Waals surface area contributed by atoms with E-state index in [0.717, 1.165) is 44.0 Å². The molecule has 3 fully saturated rings. The molecule has 4 rings (SSSR count). The second-order valence-electron chi connectivity index (χ2n) is 10.9. The lowest BCUT2D eigenvalue weighted by atomic mass is 9.75. The minimum Gasteiger partial charge on any atom is -0.445 e. The smallest absolute Gasteiger partial charge is 0.320 e. The minimum atomic E-state index is -0.565. The van der Waals surface area contributed by atoms with Crippen LogP contribution in [0.1, 0.15) is 65.5 Å².